The average molecular weight is 488 g/mol. The quantitative estimate of drug-likeness (QED) is 0.267. The molecule has 0 fully saturated rings. The van der Waals surface area contributed by atoms with Crippen molar-refractivity contribution in [1.29, 1.82) is 0 Å². The highest BCUT2D eigenvalue weighted by Crippen LogP contribution is 2.37. The maximum Gasteiger partial charge on any atom is 0.339 e. The molecule has 170 valence electrons. The summed E-state index contributed by atoms with van der Waals surface area (Å²) in [5.74, 6) is -0.290. The van der Waals surface area contributed by atoms with Gasteiger partial charge in [-0.25, -0.2) is 4.79 Å². The normalized spacial score (nSPS) is 12.5. The molecule has 0 saturated carbocycles. The number of aromatic nitrogens is 1. The zero-order valence-electron chi connectivity index (χ0n) is 18.6. The molecule has 1 aliphatic heterocycles. The minimum atomic E-state index is -0.370. The number of pyridine rings is 1. The number of rotatable bonds is 6. The van der Waals surface area contributed by atoms with E-state index in [4.69, 9.17) is 4.74 Å². The second-order valence-corrected chi connectivity index (χ2v) is 9.78. The summed E-state index contributed by atoms with van der Waals surface area (Å²) in [5, 5.41) is 0. The van der Waals surface area contributed by atoms with Crippen LogP contribution in [0.25, 0.3) is 20.9 Å². The molecular formula is C26H21N3O3S2. The number of carbonyl (C=O) groups is 2. The Balaban J connectivity index is 1.34. The Morgan fingerprint density at radius 1 is 1.06 bits per heavy atom. The first-order valence-corrected chi connectivity index (χ1v) is 12.2. The fourth-order valence-corrected chi connectivity index (χ4v) is 5.58. The van der Waals surface area contributed by atoms with Gasteiger partial charge >= 0.3 is 5.97 Å². The molecule has 1 N–H and O–H groups in total. The van der Waals surface area contributed by atoms with Crippen molar-refractivity contribution in [2.45, 2.75) is 11.4 Å². The SMILES string of the molecule is COC(=O)c1ccccc1SNc1cncc(-c2ccc(-c3ccc4c(c3)CN(C)C4=O)s2)c1. The average Bonchev–Trinajstić information content (AvgIpc) is 3.47. The van der Waals surface area contributed by atoms with Gasteiger partial charge in [0.05, 0.1) is 24.6 Å². The minimum absolute atomic E-state index is 0.0795. The Hall–Kier alpha value is -3.62. The number of benzene rings is 2. The van der Waals surface area contributed by atoms with Crippen molar-refractivity contribution in [2.24, 2.45) is 0 Å². The van der Waals surface area contributed by atoms with Crippen molar-refractivity contribution in [3.63, 3.8) is 0 Å². The molecule has 0 unspecified atom stereocenters. The zero-order chi connectivity index (χ0) is 23.7. The van der Waals surface area contributed by atoms with Crippen LogP contribution < -0.4 is 4.72 Å². The van der Waals surface area contributed by atoms with Crippen molar-refractivity contribution >= 4 is 40.8 Å². The number of amides is 1. The molecule has 0 aliphatic carbocycles. The number of ether oxygens (including phenoxy) is 1. The van der Waals surface area contributed by atoms with Crippen LogP contribution in [0.15, 0.2) is 78.0 Å². The number of hydrogen-bond donors (Lipinski definition) is 1. The van der Waals surface area contributed by atoms with Gasteiger partial charge < -0.3 is 14.4 Å². The summed E-state index contributed by atoms with van der Waals surface area (Å²) >= 11 is 3.03. The molecule has 0 atom stereocenters. The van der Waals surface area contributed by atoms with Gasteiger partial charge in [0.2, 0.25) is 0 Å². The standard InChI is InChI=1S/C26H21N3O3S2/c1-29-15-18-11-16(7-8-20(18)25(29)30)22-9-10-23(33-22)17-12-19(14-27-13-17)28-34-24-6-4-3-5-21(24)26(31)32-2/h3-14,28H,15H2,1-2H3. The maximum atomic E-state index is 12.2. The van der Waals surface area contributed by atoms with E-state index in [0.29, 0.717) is 12.1 Å². The van der Waals surface area contributed by atoms with Crippen LogP contribution in [0.2, 0.25) is 0 Å². The molecule has 2 aromatic heterocycles. The second kappa shape index (κ2) is 9.32. The van der Waals surface area contributed by atoms with E-state index in [1.807, 2.05) is 49.6 Å². The number of esters is 1. The Morgan fingerprint density at radius 2 is 1.85 bits per heavy atom. The van der Waals surface area contributed by atoms with E-state index in [9.17, 15) is 9.59 Å². The van der Waals surface area contributed by atoms with E-state index in [-0.39, 0.29) is 11.9 Å². The predicted molar refractivity (Wildman–Crippen MR) is 136 cm³/mol. The van der Waals surface area contributed by atoms with Gasteiger partial charge in [0.1, 0.15) is 0 Å². The number of anilines is 1. The first-order valence-electron chi connectivity index (χ1n) is 10.6. The van der Waals surface area contributed by atoms with Crippen molar-refractivity contribution in [1.82, 2.24) is 9.88 Å². The number of methoxy groups -OCH3 is 1. The molecule has 0 bridgehead atoms. The predicted octanol–water partition coefficient (Wildman–Crippen LogP) is 5.97. The van der Waals surface area contributed by atoms with E-state index in [2.05, 4.69) is 27.9 Å². The van der Waals surface area contributed by atoms with Gasteiger partial charge in [-0.05, 0) is 65.5 Å². The molecule has 0 saturated heterocycles. The van der Waals surface area contributed by atoms with Gasteiger partial charge in [-0.15, -0.1) is 11.3 Å². The fourth-order valence-electron chi connectivity index (χ4n) is 3.85. The van der Waals surface area contributed by atoms with E-state index >= 15 is 0 Å². The highest BCUT2D eigenvalue weighted by Gasteiger charge is 2.24. The lowest BCUT2D eigenvalue weighted by Gasteiger charge is -2.09. The third kappa shape index (κ3) is 4.30. The van der Waals surface area contributed by atoms with Gasteiger partial charge in [0.15, 0.2) is 0 Å². The highest BCUT2D eigenvalue weighted by atomic mass is 32.2. The van der Waals surface area contributed by atoms with Crippen LogP contribution in [-0.4, -0.2) is 35.9 Å². The molecule has 5 rings (SSSR count). The lowest BCUT2D eigenvalue weighted by atomic mass is 10.1. The molecule has 2 aromatic carbocycles. The topological polar surface area (TPSA) is 71.5 Å². The van der Waals surface area contributed by atoms with Gasteiger partial charge in [-0.3, -0.25) is 9.78 Å². The molecule has 0 spiro atoms. The number of thiophene rings is 1. The molecule has 6 nitrogen and oxygen atoms in total. The minimum Gasteiger partial charge on any atom is -0.465 e. The van der Waals surface area contributed by atoms with Gasteiger partial charge in [-0.1, -0.05) is 18.2 Å². The van der Waals surface area contributed by atoms with Crippen LogP contribution in [0.3, 0.4) is 0 Å². The molecule has 0 radical (unpaired) electrons. The fraction of sp³-hybridized carbons (Fsp3) is 0.115. The van der Waals surface area contributed by atoms with Crippen LogP contribution in [0.1, 0.15) is 26.3 Å². The molecule has 1 aliphatic rings. The lowest BCUT2D eigenvalue weighted by molar-refractivity contribution is 0.0596. The molecular weight excluding hydrogens is 466 g/mol. The van der Waals surface area contributed by atoms with E-state index in [1.165, 1.54) is 19.1 Å². The molecule has 8 heteroatoms. The largest absolute Gasteiger partial charge is 0.465 e. The number of hydrogen-bond acceptors (Lipinski definition) is 7. The molecule has 34 heavy (non-hydrogen) atoms. The summed E-state index contributed by atoms with van der Waals surface area (Å²) in [6.07, 6.45) is 3.59. The Labute approximate surface area is 205 Å². The number of fused-ring (bicyclic) bond motifs is 1. The maximum absolute atomic E-state index is 12.2. The van der Waals surface area contributed by atoms with Crippen molar-refractivity contribution < 1.29 is 14.3 Å². The summed E-state index contributed by atoms with van der Waals surface area (Å²) in [7, 11) is 3.20. The summed E-state index contributed by atoms with van der Waals surface area (Å²) in [5.41, 5.74) is 5.30. The Morgan fingerprint density at radius 3 is 2.68 bits per heavy atom. The summed E-state index contributed by atoms with van der Waals surface area (Å²) in [6.45, 7) is 0.647. The van der Waals surface area contributed by atoms with Gasteiger partial charge in [-0.2, -0.15) is 0 Å². The monoisotopic (exact) mass is 487 g/mol. The van der Waals surface area contributed by atoms with Crippen LogP contribution in [0.4, 0.5) is 5.69 Å². The molecule has 3 heterocycles. The van der Waals surface area contributed by atoms with Crippen LogP contribution >= 0.6 is 23.3 Å². The third-order valence-electron chi connectivity index (χ3n) is 5.57. The van der Waals surface area contributed by atoms with E-state index in [1.54, 1.807) is 28.5 Å². The lowest BCUT2D eigenvalue weighted by Crippen LogP contribution is -2.17. The molecule has 4 aromatic rings. The first kappa shape index (κ1) is 22.2. The smallest absolute Gasteiger partial charge is 0.339 e. The summed E-state index contributed by atoms with van der Waals surface area (Å²) in [4.78, 5) is 33.3. The Bertz CT molecular complexity index is 1400. The number of nitrogens with one attached hydrogen (secondary N) is 1. The first-order chi connectivity index (χ1) is 16.5. The number of carbonyl (C=O) groups excluding carboxylic acids is 2. The van der Waals surface area contributed by atoms with E-state index in [0.717, 1.165) is 42.6 Å². The Kier molecular flexibility index (Phi) is 6.08. The van der Waals surface area contributed by atoms with Crippen LogP contribution in [0, 0.1) is 0 Å². The second-order valence-electron chi connectivity index (χ2n) is 7.85. The summed E-state index contributed by atoms with van der Waals surface area (Å²) < 4.78 is 8.15. The van der Waals surface area contributed by atoms with Crippen molar-refractivity contribution in [2.75, 3.05) is 18.9 Å². The van der Waals surface area contributed by atoms with Crippen molar-refractivity contribution in [3.05, 3.63) is 89.7 Å². The van der Waals surface area contributed by atoms with Gasteiger partial charge in [0.25, 0.3) is 5.91 Å². The zero-order valence-corrected chi connectivity index (χ0v) is 20.2. The van der Waals surface area contributed by atoms with Crippen LogP contribution in [-0.2, 0) is 11.3 Å². The highest BCUT2D eigenvalue weighted by molar-refractivity contribution is 8.00. The van der Waals surface area contributed by atoms with Crippen LogP contribution in [0.5, 0.6) is 0 Å². The molecule has 1 amide bonds. The number of nitrogens with zero attached hydrogens (tertiary/aromatic N) is 2. The van der Waals surface area contributed by atoms with Gasteiger partial charge in [0, 0.05) is 45.6 Å². The summed E-state index contributed by atoms with van der Waals surface area (Å²) in [6, 6.07) is 19.6. The van der Waals surface area contributed by atoms with Crippen molar-refractivity contribution in [3.8, 4) is 20.9 Å². The third-order valence-corrected chi connectivity index (χ3v) is 7.67. The van der Waals surface area contributed by atoms with E-state index < -0.39 is 0 Å².